The van der Waals surface area contributed by atoms with Crippen molar-refractivity contribution in [3.05, 3.63) is 56.2 Å². The van der Waals surface area contributed by atoms with Gasteiger partial charge in [-0.15, -0.1) is 0 Å². The number of aromatic amines is 1. The summed E-state index contributed by atoms with van der Waals surface area (Å²) in [5.41, 5.74) is 2.77. The van der Waals surface area contributed by atoms with E-state index in [-0.39, 0.29) is 5.56 Å². The Bertz CT molecular complexity index is 758. The number of aromatic nitrogens is 2. The first-order valence-electron chi connectivity index (χ1n) is 7.20. The molecule has 1 aliphatic rings. The van der Waals surface area contributed by atoms with Gasteiger partial charge in [-0.25, -0.2) is 4.98 Å². The van der Waals surface area contributed by atoms with Crippen molar-refractivity contribution in [3.8, 4) is 5.75 Å². The van der Waals surface area contributed by atoms with Crippen LogP contribution in [-0.2, 0) is 19.5 Å². The second-order valence-corrected chi connectivity index (χ2v) is 5.91. The molecular weight excluding hydrogens is 302 g/mol. The number of rotatable bonds is 3. The predicted octanol–water partition coefficient (Wildman–Crippen LogP) is 2.30. The number of H-pyrrole nitrogens is 1. The quantitative estimate of drug-likeness (QED) is 0.943. The molecule has 1 aromatic heterocycles. The van der Waals surface area contributed by atoms with E-state index in [1.165, 1.54) is 0 Å². The summed E-state index contributed by atoms with van der Waals surface area (Å²) < 4.78 is 5.16. The lowest BCUT2D eigenvalue weighted by atomic mass is 10.1. The van der Waals surface area contributed by atoms with Gasteiger partial charge < -0.3 is 9.72 Å². The van der Waals surface area contributed by atoms with E-state index in [2.05, 4.69) is 14.9 Å². The topological polar surface area (TPSA) is 58.2 Å². The lowest BCUT2D eigenvalue weighted by Crippen LogP contribution is -2.35. The number of hydrogen-bond acceptors (Lipinski definition) is 4. The molecular formula is C16H18ClN3O2. The summed E-state index contributed by atoms with van der Waals surface area (Å²) >= 11 is 6.16. The summed E-state index contributed by atoms with van der Waals surface area (Å²) in [6.07, 6.45) is 0.796. The van der Waals surface area contributed by atoms with Crippen LogP contribution in [0, 0.1) is 6.92 Å². The first-order chi connectivity index (χ1) is 10.6. The molecule has 3 rings (SSSR count). The molecule has 0 radical (unpaired) electrons. The fourth-order valence-corrected chi connectivity index (χ4v) is 3.09. The Morgan fingerprint density at radius 2 is 2.27 bits per heavy atom. The average molecular weight is 320 g/mol. The van der Waals surface area contributed by atoms with Gasteiger partial charge in [0.2, 0.25) is 0 Å². The number of fused-ring (bicyclic) bond motifs is 1. The van der Waals surface area contributed by atoms with E-state index in [0.29, 0.717) is 23.1 Å². The Morgan fingerprint density at radius 1 is 1.45 bits per heavy atom. The lowest BCUT2D eigenvalue weighted by molar-refractivity contribution is 0.241. The van der Waals surface area contributed by atoms with Crippen molar-refractivity contribution in [1.82, 2.24) is 14.9 Å². The molecule has 0 saturated carbocycles. The molecule has 0 amide bonds. The van der Waals surface area contributed by atoms with Gasteiger partial charge in [0.25, 0.3) is 5.56 Å². The van der Waals surface area contributed by atoms with Gasteiger partial charge in [-0.3, -0.25) is 9.69 Å². The highest BCUT2D eigenvalue weighted by atomic mass is 35.5. The Balaban J connectivity index is 1.78. The molecule has 1 N–H and O–H groups in total. The number of nitrogens with zero attached hydrogens (tertiary/aromatic N) is 2. The van der Waals surface area contributed by atoms with E-state index in [4.69, 9.17) is 16.3 Å². The minimum absolute atomic E-state index is 0.0278. The van der Waals surface area contributed by atoms with E-state index in [0.717, 1.165) is 36.3 Å². The van der Waals surface area contributed by atoms with Crippen LogP contribution in [0.2, 0.25) is 5.02 Å². The van der Waals surface area contributed by atoms with Gasteiger partial charge in [0.1, 0.15) is 11.6 Å². The van der Waals surface area contributed by atoms with Gasteiger partial charge >= 0.3 is 0 Å². The lowest BCUT2D eigenvalue weighted by Gasteiger charge is -2.27. The molecule has 0 aliphatic carbocycles. The molecule has 0 saturated heterocycles. The van der Waals surface area contributed by atoms with Gasteiger partial charge in [0.15, 0.2) is 0 Å². The highest BCUT2D eigenvalue weighted by Crippen LogP contribution is 2.26. The fourth-order valence-electron chi connectivity index (χ4n) is 2.81. The minimum atomic E-state index is -0.0278. The van der Waals surface area contributed by atoms with Crippen molar-refractivity contribution in [3.63, 3.8) is 0 Å². The molecule has 1 aliphatic heterocycles. The van der Waals surface area contributed by atoms with Crippen LogP contribution in [0.15, 0.2) is 23.0 Å². The zero-order valence-corrected chi connectivity index (χ0v) is 13.4. The van der Waals surface area contributed by atoms with Gasteiger partial charge in [-0.05, 0) is 24.6 Å². The van der Waals surface area contributed by atoms with E-state index >= 15 is 0 Å². The zero-order valence-electron chi connectivity index (χ0n) is 12.6. The average Bonchev–Trinajstić information content (AvgIpc) is 2.48. The molecule has 1 aromatic carbocycles. The van der Waals surface area contributed by atoms with Crippen LogP contribution in [0.1, 0.15) is 22.6 Å². The molecule has 2 heterocycles. The number of benzene rings is 1. The maximum Gasteiger partial charge on any atom is 0.255 e. The number of halogens is 1. The van der Waals surface area contributed by atoms with E-state index in [9.17, 15) is 4.79 Å². The maximum atomic E-state index is 12.1. The zero-order chi connectivity index (χ0) is 15.7. The highest BCUT2D eigenvalue weighted by Gasteiger charge is 2.20. The molecule has 0 bridgehead atoms. The van der Waals surface area contributed by atoms with Crippen molar-refractivity contribution < 1.29 is 4.74 Å². The third-order valence-corrected chi connectivity index (χ3v) is 4.18. The molecule has 0 atom stereocenters. The van der Waals surface area contributed by atoms with Crippen LogP contribution in [0.25, 0.3) is 0 Å². The van der Waals surface area contributed by atoms with Crippen LogP contribution < -0.4 is 10.3 Å². The van der Waals surface area contributed by atoms with Crippen molar-refractivity contribution in [2.75, 3.05) is 13.7 Å². The maximum absolute atomic E-state index is 12.1. The van der Waals surface area contributed by atoms with Crippen molar-refractivity contribution in [2.24, 2.45) is 0 Å². The minimum Gasteiger partial charge on any atom is -0.495 e. The Kier molecular flexibility index (Phi) is 4.18. The first kappa shape index (κ1) is 15.1. The van der Waals surface area contributed by atoms with Gasteiger partial charge in [0, 0.05) is 26.1 Å². The molecule has 0 spiro atoms. The summed E-state index contributed by atoms with van der Waals surface area (Å²) in [7, 11) is 1.60. The summed E-state index contributed by atoms with van der Waals surface area (Å²) in [6, 6.07) is 5.78. The number of aryl methyl sites for hydroxylation is 1. The van der Waals surface area contributed by atoms with Gasteiger partial charge in [-0.1, -0.05) is 17.7 Å². The molecule has 2 aromatic rings. The van der Waals surface area contributed by atoms with Crippen LogP contribution in [0.3, 0.4) is 0 Å². The fraction of sp³-hybridized carbons (Fsp3) is 0.375. The van der Waals surface area contributed by atoms with E-state index in [1.807, 2.05) is 25.1 Å². The molecule has 5 nitrogen and oxygen atoms in total. The molecule has 116 valence electrons. The normalized spacial score (nSPS) is 14.7. The second-order valence-electron chi connectivity index (χ2n) is 5.51. The number of hydrogen-bond donors (Lipinski definition) is 1. The van der Waals surface area contributed by atoms with Crippen molar-refractivity contribution >= 4 is 11.6 Å². The largest absolute Gasteiger partial charge is 0.495 e. The monoisotopic (exact) mass is 319 g/mol. The Morgan fingerprint density at radius 3 is 3.00 bits per heavy atom. The van der Waals surface area contributed by atoms with Gasteiger partial charge in [0.05, 0.1) is 23.4 Å². The molecule has 6 heteroatoms. The Labute approximate surface area is 133 Å². The SMILES string of the molecule is COc1ccc(CN2CCc3nc(C)[nH]c(=O)c3C2)cc1Cl. The molecule has 22 heavy (non-hydrogen) atoms. The molecule has 0 unspecified atom stereocenters. The van der Waals surface area contributed by atoms with Crippen LogP contribution >= 0.6 is 11.6 Å². The van der Waals surface area contributed by atoms with Gasteiger partial charge in [-0.2, -0.15) is 0 Å². The predicted molar refractivity (Wildman–Crippen MR) is 85.4 cm³/mol. The highest BCUT2D eigenvalue weighted by molar-refractivity contribution is 6.32. The standard InChI is InChI=1S/C16H18ClN3O2/c1-10-18-14-5-6-20(9-12(14)16(21)19-10)8-11-3-4-15(22-2)13(17)7-11/h3-4,7H,5-6,8-9H2,1-2H3,(H,18,19,21). The van der Waals surface area contributed by atoms with Crippen molar-refractivity contribution in [1.29, 1.82) is 0 Å². The van der Waals surface area contributed by atoms with Crippen LogP contribution in [-0.4, -0.2) is 28.5 Å². The number of ether oxygens (including phenoxy) is 1. The van der Waals surface area contributed by atoms with Crippen LogP contribution in [0.4, 0.5) is 0 Å². The number of nitrogens with one attached hydrogen (secondary N) is 1. The summed E-state index contributed by atoms with van der Waals surface area (Å²) in [6.45, 7) is 4.05. The smallest absolute Gasteiger partial charge is 0.255 e. The summed E-state index contributed by atoms with van der Waals surface area (Å²) in [5.74, 6) is 1.35. The van der Waals surface area contributed by atoms with Crippen LogP contribution in [0.5, 0.6) is 5.75 Å². The first-order valence-corrected chi connectivity index (χ1v) is 7.58. The second kappa shape index (κ2) is 6.10. The number of methoxy groups -OCH3 is 1. The van der Waals surface area contributed by atoms with E-state index in [1.54, 1.807) is 7.11 Å². The third kappa shape index (κ3) is 3.00. The third-order valence-electron chi connectivity index (χ3n) is 3.89. The summed E-state index contributed by atoms with van der Waals surface area (Å²) in [4.78, 5) is 21.5. The molecule has 0 fully saturated rings. The Hall–Kier alpha value is -1.85. The van der Waals surface area contributed by atoms with Crippen molar-refractivity contribution in [2.45, 2.75) is 26.4 Å². The van der Waals surface area contributed by atoms with E-state index < -0.39 is 0 Å². The summed E-state index contributed by atoms with van der Waals surface area (Å²) in [5, 5.41) is 0.604.